The highest BCUT2D eigenvalue weighted by molar-refractivity contribution is 5.94. The second-order valence-corrected chi connectivity index (χ2v) is 5.96. The van der Waals surface area contributed by atoms with E-state index in [9.17, 15) is 13.6 Å². The Morgan fingerprint density at radius 3 is 2.84 bits per heavy atom. The number of carbonyl (C=O) groups is 1. The van der Waals surface area contributed by atoms with Crippen molar-refractivity contribution in [1.82, 2.24) is 10.5 Å². The van der Waals surface area contributed by atoms with Crippen molar-refractivity contribution in [1.29, 1.82) is 0 Å². The van der Waals surface area contributed by atoms with E-state index in [1.165, 1.54) is 19.2 Å². The smallest absolute Gasteiger partial charge is 0.254 e. The van der Waals surface area contributed by atoms with Crippen LogP contribution in [-0.2, 0) is 11.2 Å². The number of ether oxygens (including phenoxy) is 2. The number of nitrogens with zero attached hydrogens (tertiary/aromatic N) is 1. The van der Waals surface area contributed by atoms with Gasteiger partial charge < -0.3 is 19.3 Å². The largest absolute Gasteiger partial charge is 0.494 e. The third kappa shape index (κ3) is 3.63. The summed E-state index contributed by atoms with van der Waals surface area (Å²) in [5.41, 5.74) is 0.393. The quantitative estimate of drug-likeness (QED) is 0.894. The Kier molecular flexibility index (Phi) is 4.98. The van der Waals surface area contributed by atoms with Gasteiger partial charge in [-0.2, -0.15) is 4.39 Å². The van der Waals surface area contributed by atoms with Gasteiger partial charge in [0.2, 0.25) is 5.82 Å². The van der Waals surface area contributed by atoms with Crippen LogP contribution in [0.2, 0.25) is 0 Å². The number of hydrogen-bond acceptors (Lipinski definition) is 5. The van der Waals surface area contributed by atoms with E-state index in [0.717, 1.165) is 5.69 Å². The molecule has 0 unspecified atom stereocenters. The van der Waals surface area contributed by atoms with Crippen LogP contribution in [0.4, 0.5) is 8.78 Å². The van der Waals surface area contributed by atoms with E-state index in [1.807, 2.05) is 13.0 Å². The molecule has 0 bridgehead atoms. The molecular formula is C17H18F2N2O4. The average molecular weight is 352 g/mol. The number of aromatic nitrogens is 1. The van der Waals surface area contributed by atoms with Crippen LogP contribution in [0.3, 0.4) is 0 Å². The van der Waals surface area contributed by atoms with Gasteiger partial charge in [0.15, 0.2) is 11.6 Å². The number of halogens is 2. The predicted octanol–water partition coefficient (Wildman–Crippen LogP) is 2.26. The molecule has 25 heavy (non-hydrogen) atoms. The van der Waals surface area contributed by atoms with Crippen molar-refractivity contribution in [2.24, 2.45) is 5.92 Å². The number of rotatable bonds is 5. The Bertz CT molecular complexity index is 778. The van der Waals surface area contributed by atoms with Crippen molar-refractivity contribution in [3.05, 3.63) is 46.9 Å². The monoisotopic (exact) mass is 352 g/mol. The first-order valence-corrected chi connectivity index (χ1v) is 7.82. The van der Waals surface area contributed by atoms with E-state index in [0.29, 0.717) is 25.4 Å². The van der Waals surface area contributed by atoms with Gasteiger partial charge in [-0.05, 0) is 19.1 Å². The molecule has 0 aliphatic carbocycles. The number of nitrogens with one attached hydrogen (secondary N) is 1. The fourth-order valence-corrected chi connectivity index (χ4v) is 2.84. The molecule has 1 aliphatic rings. The Morgan fingerprint density at radius 1 is 1.36 bits per heavy atom. The third-order valence-electron chi connectivity index (χ3n) is 4.17. The van der Waals surface area contributed by atoms with Crippen molar-refractivity contribution in [3.8, 4) is 5.75 Å². The van der Waals surface area contributed by atoms with Gasteiger partial charge in [-0.3, -0.25) is 4.79 Å². The fraction of sp³-hybridized carbons (Fsp3) is 0.412. The summed E-state index contributed by atoms with van der Waals surface area (Å²) in [5.74, 6) is -2.73. The zero-order valence-corrected chi connectivity index (χ0v) is 13.8. The maximum absolute atomic E-state index is 14.0. The molecule has 0 spiro atoms. The van der Waals surface area contributed by atoms with Gasteiger partial charge in [-0.15, -0.1) is 0 Å². The molecule has 0 saturated carbocycles. The molecule has 1 amide bonds. The molecule has 1 saturated heterocycles. The maximum atomic E-state index is 14.0. The van der Waals surface area contributed by atoms with Gasteiger partial charge in [0.25, 0.3) is 5.91 Å². The first kappa shape index (κ1) is 17.3. The second-order valence-electron chi connectivity index (χ2n) is 5.96. The zero-order chi connectivity index (χ0) is 18.0. The molecule has 1 fully saturated rings. The van der Waals surface area contributed by atoms with Crippen LogP contribution < -0.4 is 10.1 Å². The van der Waals surface area contributed by atoms with E-state index in [-0.39, 0.29) is 23.3 Å². The lowest BCUT2D eigenvalue weighted by molar-refractivity contribution is 0.0919. The van der Waals surface area contributed by atoms with Crippen LogP contribution >= 0.6 is 0 Å². The molecule has 1 aromatic carbocycles. The van der Waals surface area contributed by atoms with E-state index in [1.54, 1.807) is 0 Å². The van der Waals surface area contributed by atoms with Crippen molar-refractivity contribution in [2.75, 3.05) is 20.3 Å². The number of carbonyl (C=O) groups excluding carboxylic acids is 1. The number of methoxy groups -OCH3 is 1. The highest BCUT2D eigenvalue weighted by Gasteiger charge is 2.32. The van der Waals surface area contributed by atoms with Gasteiger partial charge in [0.05, 0.1) is 37.6 Å². The standard InChI is InChI=1S/C17H18F2N2O4/c1-9-5-11(25-21-9)6-10-7-24-8-13(10)20-17(22)12-3-4-14(23-2)16(19)15(12)18/h3-5,10,13H,6-8H2,1-2H3,(H,20,22)/t10-,13+/m1/s1. The van der Waals surface area contributed by atoms with Gasteiger partial charge in [0, 0.05) is 18.4 Å². The van der Waals surface area contributed by atoms with Crippen molar-refractivity contribution in [3.63, 3.8) is 0 Å². The van der Waals surface area contributed by atoms with Crippen LogP contribution in [0.25, 0.3) is 0 Å². The van der Waals surface area contributed by atoms with Crippen LogP contribution in [0.1, 0.15) is 21.8 Å². The fourth-order valence-electron chi connectivity index (χ4n) is 2.84. The van der Waals surface area contributed by atoms with Crippen molar-refractivity contribution < 1.29 is 27.6 Å². The molecule has 1 aliphatic heterocycles. The zero-order valence-electron chi connectivity index (χ0n) is 13.8. The average Bonchev–Trinajstić information content (AvgIpc) is 3.19. The minimum atomic E-state index is -1.24. The Morgan fingerprint density at radius 2 is 2.16 bits per heavy atom. The number of amides is 1. The van der Waals surface area contributed by atoms with Crippen LogP contribution in [0.15, 0.2) is 22.7 Å². The highest BCUT2D eigenvalue weighted by atomic mass is 19.2. The Labute approximate surface area is 143 Å². The molecule has 2 atom stereocenters. The summed E-state index contributed by atoms with van der Waals surface area (Å²) in [5, 5.41) is 6.53. The molecular weight excluding hydrogens is 334 g/mol. The lowest BCUT2D eigenvalue weighted by Crippen LogP contribution is -2.41. The first-order valence-electron chi connectivity index (χ1n) is 7.82. The van der Waals surface area contributed by atoms with Gasteiger partial charge in [-0.25, -0.2) is 4.39 Å². The first-order chi connectivity index (χ1) is 12.0. The summed E-state index contributed by atoms with van der Waals surface area (Å²) in [6.07, 6.45) is 0.533. The van der Waals surface area contributed by atoms with Crippen LogP contribution in [0.5, 0.6) is 5.75 Å². The van der Waals surface area contributed by atoms with E-state index in [4.69, 9.17) is 14.0 Å². The summed E-state index contributed by atoms with van der Waals surface area (Å²) in [7, 11) is 1.23. The van der Waals surface area contributed by atoms with Gasteiger partial charge >= 0.3 is 0 Å². The minimum Gasteiger partial charge on any atom is -0.494 e. The van der Waals surface area contributed by atoms with Crippen molar-refractivity contribution >= 4 is 5.91 Å². The topological polar surface area (TPSA) is 73.6 Å². The normalized spacial score (nSPS) is 19.8. The number of aryl methyl sites for hydroxylation is 1. The summed E-state index contributed by atoms with van der Waals surface area (Å²) in [6, 6.07) is 3.89. The summed E-state index contributed by atoms with van der Waals surface area (Å²) >= 11 is 0. The van der Waals surface area contributed by atoms with Crippen LogP contribution in [0, 0.1) is 24.5 Å². The molecule has 1 N–H and O–H groups in total. The second kappa shape index (κ2) is 7.18. The molecule has 0 radical (unpaired) electrons. The summed E-state index contributed by atoms with van der Waals surface area (Å²) < 4.78 is 43.1. The number of benzene rings is 1. The lowest BCUT2D eigenvalue weighted by atomic mass is 9.97. The van der Waals surface area contributed by atoms with E-state index in [2.05, 4.69) is 10.5 Å². The minimum absolute atomic E-state index is 0.0394. The van der Waals surface area contributed by atoms with Gasteiger partial charge in [-0.1, -0.05) is 5.16 Å². The highest BCUT2D eigenvalue weighted by Crippen LogP contribution is 2.24. The Balaban J connectivity index is 1.70. The van der Waals surface area contributed by atoms with E-state index < -0.39 is 17.5 Å². The molecule has 134 valence electrons. The van der Waals surface area contributed by atoms with Crippen molar-refractivity contribution in [2.45, 2.75) is 19.4 Å². The number of hydrogen-bond donors (Lipinski definition) is 1. The van der Waals surface area contributed by atoms with Crippen LogP contribution in [-0.4, -0.2) is 37.4 Å². The molecule has 2 aromatic rings. The summed E-state index contributed by atoms with van der Waals surface area (Å²) in [6.45, 7) is 2.55. The van der Waals surface area contributed by atoms with E-state index >= 15 is 0 Å². The molecule has 6 nitrogen and oxygen atoms in total. The lowest BCUT2D eigenvalue weighted by Gasteiger charge is -2.18. The Hall–Kier alpha value is -2.48. The molecule has 3 rings (SSSR count). The predicted molar refractivity (Wildman–Crippen MR) is 83.4 cm³/mol. The molecule has 1 aromatic heterocycles. The van der Waals surface area contributed by atoms with Gasteiger partial charge in [0.1, 0.15) is 5.76 Å². The SMILES string of the molecule is COc1ccc(C(=O)N[C@H]2COC[C@H]2Cc2cc(C)no2)c(F)c1F. The maximum Gasteiger partial charge on any atom is 0.254 e. The third-order valence-corrected chi connectivity index (χ3v) is 4.17. The molecule has 8 heteroatoms. The summed E-state index contributed by atoms with van der Waals surface area (Å²) in [4.78, 5) is 12.3. The molecule has 2 heterocycles.